The zero-order valence-electron chi connectivity index (χ0n) is 18.7. The van der Waals surface area contributed by atoms with Crippen molar-refractivity contribution in [3.05, 3.63) is 23.3 Å². The van der Waals surface area contributed by atoms with Crippen LogP contribution in [0.5, 0.6) is 0 Å². The molecular weight excluding hydrogens is 338 g/mol. The van der Waals surface area contributed by atoms with Gasteiger partial charge in [-0.1, -0.05) is 118 Å². The molecule has 0 amide bonds. The maximum atomic E-state index is 2.71. The molecule has 1 aliphatic carbocycles. The second-order valence-electron chi connectivity index (χ2n) is 12.1. The van der Waals surface area contributed by atoms with Crippen LogP contribution in [0, 0.1) is 21.7 Å². The quantitative estimate of drug-likeness (QED) is 0.376. The summed E-state index contributed by atoms with van der Waals surface area (Å²) in [6.45, 7) is 29.0. The summed E-state index contributed by atoms with van der Waals surface area (Å²) in [6.07, 6.45) is 5.27. The Morgan fingerprint density at radius 3 is 1.68 bits per heavy atom. The summed E-state index contributed by atoms with van der Waals surface area (Å²) in [7, 11) is 2.50. The van der Waals surface area contributed by atoms with Crippen LogP contribution in [0.1, 0.15) is 83.1 Å². The Bertz CT molecular complexity index is 634. The molecule has 1 aliphatic heterocycles. The summed E-state index contributed by atoms with van der Waals surface area (Å²) >= 11 is 0. The predicted octanol–water partition coefficient (Wildman–Crippen LogP) is 7.91. The van der Waals surface area contributed by atoms with Gasteiger partial charge >= 0.3 is 0 Å². The first-order chi connectivity index (χ1) is 10.9. The molecule has 142 valence electrons. The van der Waals surface area contributed by atoms with E-state index in [9.17, 15) is 0 Å². The molecule has 25 heavy (non-hydrogen) atoms. The van der Waals surface area contributed by atoms with Crippen LogP contribution < -0.4 is 0 Å². The maximum absolute atomic E-state index is 2.71. The molecule has 1 heterocycles. The summed E-state index contributed by atoms with van der Waals surface area (Å²) in [5.74, 6) is 0. The van der Waals surface area contributed by atoms with E-state index in [1.165, 1.54) is 0 Å². The highest BCUT2D eigenvalue weighted by atomic mass is 31.1. The third-order valence-electron chi connectivity index (χ3n) is 5.69. The van der Waals surface area contributed by atoms with Crippen molar-refractivity contribution in [3.63, 3.8) is 0 Å². The normalized spacial score (nSPS) is 29.9. The van der Waals surface area contributed by atoms with Crippen molar-refractivity contribution >= 4 is 21.8 Å². The fourth-order valence-electron chi connectivity index (χ4n) is 3.75. The molecule has 0 fully saturated rings. The summed E-state index contributed by atoms with van der Waals surface area (Å²) < 4.78 is 0. The van der Waals surface area contributed by atoms with Crippen LogP contribution in [-0.4, -0.2) is 15.8 Å². The molecule has 0 saturated carbocycles. The smallest absolute Gasteiger partial charge is 0.0365 e. The topological polar surface area (TPSA) is 0 Å². The zero-order valence-corrected chi connectivity index (χ0v) is 20.6. The van der Waals surface area contributed by atoms with Gasteiger partial charge in [0.2, 0.25) is 0 Å². The van der Waals surface area contributed by atoms with Gasteiger partial charge in [-0.05, 0) is 32.3 Å². The Morgan fingerprint density at radius 2 is 1.32 bits per heavy atom. The Morgan fingerprint density at radius 1 is 0.800 bits per heavy atom. The number of allylic oxidation sites excluding steroid dienone is 4. The summed E-state index contributed by atoms with van der Waals surface area (Å²) in [5, 5.41) is 2.02. The lowest BCUT2D eigenvalue weighted by atomic mass is 9.65. The van der Waals surface area contributed by atoms with Crippen molar-refractivity contribution in [3.8, 4) is 0 Å². The zero-order chi connectivity index (χ0) is 19.6. The van der Waals surface area contributed by atoms with Gasteiger partial charge in [0.05, 0.1) is 0 Å². The average molecular weight is 379 g/mol. The first kappa shape index (κ1) is 21.4. The first-order valence-electron chi connectivity index (χ1n) is 9.71. The molecular formula is C23H40P2. The maximum Gasteiger partial charge on any atom is 0.0365 e. The van der Waals surface area contributed by atoms with Crippen molar-refractivity contribution in [2.75, 3.05) is 0 Å². The lowest BCUT2D eigenvalue weighted by molar-refractivity contribution is 0.307. The minimum atomic E-state index is 0.200. The molecule has 0 saturated heterocycles. The molecule has 0 spiro atoms. The minimum Gasteiger partial charge on any atom is -0.0909 e. The van der Waals surface area contributed by atoms with E-state index in [0.717, 1.165) is 8.58 Å². The van der Waals surface area contributed by atoms with Crippen LogP contribution in [0.3, 0.4) is 0 Å². The van der Waals surface area contributed by atoms with Gasteiger partial charge in [-0.15, -0.1) is 0 Å². The molecule has 0 aromatic rings. The monoisotopic (exact) mass is 378 g/mol. The van der Waals surface area contributed by atoms with Gasteiger partial charge in [0.25, 0.3) is 0 Å². The van der Waals surface area contributed by atoms with E-state index in [2.05, 4.69) is 95.2 Å². The van der Waals surface area contributed by atoms with Gasteiger partial charge in [-0.3, -0.25) is 0 Å². The summed E-state index contributed by atoms with van der Waals surface area (Å²) in [5.41, 5.74) is 4.82. The van der Waals surface area contributed by atoms with Crippen LogP contribution in [0.15, 0.2) is 23.3 Å². The molecule has 2 unspecified atom stereocenters. The molecule has 0 N–H and O–H groups in total. The fourth-order valence-corrected chi connectivity index (χ4v) is 8.91. The largest absolute Gasteiger partial charge is 0.0909 e. The molecule has 2 heteroatoms. The van der Waals surface area contributed by atoms with Crippen molar-refractivity contribution in [1.82, 2.24) is 0 Å². The van der Waals surface area contributed by atoms with Gasteiger partial charge in [-0.25, -0.2) is 0 Å². The van der Waals surface area contributed by atoms with E-state index < -0.39 is 0 Å². The van der Waals surface area contributed by atoms with Crippen molar-refractivity contribution in [2.45, 2.75) is 93.9 Å². The number of hydrogen-bond acceptors (Lipinski definition) is 0. The van der Waals surface area contributed by atoms with Crippen LogP contribution in [-0.2, 0) is 0 Å². The Balaban J connectivity index is 2.77. The van der Waals surface area contributed by atoms with Gasteiger partial charge < -0.3 is 0 Å². The molecule has 0 radical (unpaired) electrons. The Hall–Kier alpha value is 0.0800. The van der Waals surface area contributed by atoms with E-state index in [4.69, 9.17) is 0 Å². The van der Waals surface area contributed by atoms with E-state index in [-0.39, 0.29) is 21.4 Å². The molecule has 2 rings (SSSR count). The van der Waals surface area contributed by atoms with Gasteiger partial charge in [0.1, 0.15) is 0 Å². The summed E-state index contributed by atoms with van der Waals surface area (Å²) in [4.78, 5) is 0. The predicted molar refractivity (Wildman–Crippen MR) is 121 cm³/mol. The van der Waals surface area contributed by atoms with Crippen LogP contribution >= 0.6 is 16.8 Å². The van der Waals surface area contributed by atoms with Crippen LogP contribution in [0.4, 0.5) is 0 Å². The number of rotatable bonds is 0. The third-order valence-corrected chi connectivity index (χ3v) is 11.1. The van der Waals surface area contributed by atoms with Crippen molar-refractivity contribution in [2.24, 2.45) is 21.7 Å². The standard InChI is InChI=1S/C23H40P2/c1-19(2,3)15-13-16(20(4,5)6)17-23(14-15,22(10,11)12)25-18(24-17)21(7,8)9/h13-14,17,25H,1-12H3/t17?,23-/m1/s1. The Labute approximate surface area is 160 Å². The van der Waals surface area contributed by atoms with Crippen molar-refractivity contribution < 1.29 is 0 Å². The number of hydrogen-bond donors (Lipinski definition) is 0. The van der Waals surface area contributed by atoms with E-state index in [1.54, 1.807) is 24.4 Å². The number of fused-ring (bicyclic) bond motifs is 1. The fraction of sp³-hybridized carbons (Fsp3) is 0.783. The first-order valence-corrected chi connectivity index (χ1v) is 11.7. The second-order valence-corrected chi connectivity index (χ2v) is 15.3. The third kappa shape index (κ3) is 3.87. The lowest BCUT2D eigenvalue weighted by Gasteiger charge is -2.50. The van der Waals surface area contributed by atoms with Gasteiger partial charge in [0.15, 0.2) is 0 Å². The molecule has 0 nitrogen and oxygen atoms in total. The van der Waals surface area contributed by atoms with Crippen LogP contribution in [0.2, 0.25) is 0 Å². The summed E-state index contributed by atoms with van der Waals surface area (Å²) in [6, 6.07) is 0. The van der Waals surface area contributed by atoms with Crippen LogP contribution in [0.25, 0.3) is 0 Å². The average Bonchev–Trinajstić information content (AvgIpc) is 2.74. The second kappa shape index (κ2) is 6.04. The highest BCUT2D eigenvalue weighted by molar-refractivity contribution is 7.78. The molecule has 0 aromatic carbocycles. The van der Waals surface area contributed by atoms with E-state index >= 15 is 0 Å². The highest BCUT2D eigenvalue weighted by Gasteiger charge is 2.55. The van der Waals surface area contributed by atoms with Crippen molar-refractivity contribution in [1.29, 1.82) is 0 Å². The van der Waals surface area contributed by atoms with Gasteiger partial charge in [0, 0.05) is 10.8 Å². The molecule has 0 aromatic heterocycles. The lowest BCUT2D eigenvalue weighted by Crippen LogP contribution is -2.48. The highest BCUT2D eigenvalue weighted by Crippen LogP contribution is 2.67. The SMILES string of the molecule is CC(C)(C)C1=C[C@@]2(C(C)(C)C)PC(C(C)(C)C)=PC2C(C(C)(C)C)=C1. The molecule has 0 bridgehead atoms. The van der Waals surface area contributed by atoms with Gasteiger partial charge in [-0.2, -0.15) is 0 Å². The van der Waals surface area contributed by atoms with E-state index in [1.807, 2.05) is 0 Å². The molecule has 2 aliphatic rings. The Kier molecular flexibility index (Phi) is 5.17. The molecule has 3 atom stereocenters. The van der Waals surface area contributed by atoms with E-state index in [0.29, 0.717) is 11.1 Å². The minimum absolute atomic E-state index is 0.200.